The molecule has 3 atom stereocenters. The van der Waals surface area contributed by atoms with Gasteiger partial charge in [-0.3, -0.25) is 9.59 Å². The molecule has 188 valence electrons. The Labute approximate surface area is 210 Å². The Hall–Kier alpha value is -3.58. The molecule has 3 aromatic rings. The highest BCUT2D eigenvalue weighted by Crippen LogP contribution is 2.40. The van der Waals surface area contributed by atoms with Gasteiger partial charge in [-0.2, -0.15) is 0 Å². The predicted octanol–water partition coefficient (Wildman–Crippen LogP) is 4.93. The van der Waals surface area contributed by atoms with Crippen molar-refractivity contribution in [1.82, 2.24) is 10.6 Å². The fourth-order valence-corrected chi connectivity index (χ4v) is 4.47. The molecule has 0 spiro atoms. The number of carbonyl (C=O) groups excluding carboxylic acids is 2. The molecule has 1 fully saturated rings. The summed E-state index contributed by atoms with van der Waals surface area (Å²) in [7, 11) is 0. The third-order valence-corrected chi connectivity index (χ3v) is 6.59. The van der Waals surface area contributed by atoms with Gasteiger partial charge in [-0.05, 0) is 79.8 Å². The van der Waals surface area contributed by atoms with Gasteiger partial charge in [0.2, 0.25) is 12.3 Å². The van der Waals surface area contributed by atoms with Crippen LogP contribution in [0, 0.1) is 11.6 Å². The Morgan fingerprint density at radius 3 is 2.28 bits per heavy atom. The monoisotopic (exact) mass is 491 g/mol. The van der Waals surface area contributed by atoms with Crippen LogP contribution in [0.2, 0.25) is 0 Å². The maximum atomic E-state index is 13.2. The fraction of sp³-hybridized carbons (Fsp3) is 0.310. The molecule has 0 aliphatic heterocycles. The molecule has 0 saturated heterocycles. The van der Waals surface area contributed by atoms with E-state index in [9.17, 15) is 18.4 Å². The molecule has 2 amide bonds. The third-order valence-electron chi connectivity index (χ3n) is 6.59. The quantitative estimate of drug-likeness (QED) is 0.263. The average Bonchev–Trinajstić information content (AvgIpc) is 3.68. The SMILES string of the molecule is O=CN(c1ccccc1)[C@@H](CCCCNC1C[C@H]1c1ccc(F)cc1)C(=O)NCc1ccc(F)cc1. The second-order valence-corrected chi connectivity index (χ2v) is 9.16. The van der Waals surface area contributed by atoms with E-state index in [1.165, 1.54) is 29.2 Å². The molecule has 1 saturated carbocycles. The van der Waals surface area contributed by atoms with Gasteiger partial charge in [0.1, 0.15) is 17.7 Å². The van der Waals surface area contributed by atoms with Crippen LogP contribution in [0.4, 0.5) is 14.5 Å². The van der Waals surface area contributed by atoms with Gasteiger partial charge in [0.25, 0.3) is 0 Å². The first-order valence-electron chi connectivity index (χ1n) is 12.3. The van der Waals surface area contributed by atoms with Crippen molar-refractivity contribution in [1.29, 1.82) is 0 Å². The van der Waals surface area contributed by atoms with Gasteiger partial charge in [-0.25, -0.2) is 8.78 Å². The number of anilines is 1. The van der Waals surface area contributed by atoms with Crippen LogP contribution < -0.4 is 15.5 Å². The second kappa shape index (κ2) is 12.4. The van der Waals surface area contributed by atoms with Crippen molar-refractivity contribution < 1.29 is 18.4 Å². The van der Waals surface area contributed by atoms with E-state index in [1.807, 2.05) is 30.3 Å². The Bertz CT molecular complexity index is 1120. The molecular weight excluding hydrogens is 460 g/mol. The van der Waals surface area contributed by atoms with Crippen molar-refractivity contribution in [3.8, 4) is 0 Å². The number of rotatable bonds is 13. The molecule has 2 N–H and O–H groups in total. The topological polar surface area (TPSA) is 61.4 Å². The average molecular weight is 492 g/mol. The van der Waals surface area contributed by atoms with Crippen LogP contribution >= 0.6 is 0 Å². The van der Waals surface area contributed by atoms with Crippen molar-refractivity contribution >= 4 is 18.0 Å². The predicted molar refractivity (Wildman–Crippen MR) is 136 cm³/mol. The smallest absolute Gasteiger partial charge is 0.243 e. The van der Waals surface area contributed by atoms with Crippen LogP contribution in [0.1, 0.15) is 42.7 Å². The van der Waals surface area contributed by atoms with E-state index >= 15 is 0 Å². The van der Waals surface area contributed by atoms with Gasteiger partial charge in [0.15, 0.2) is 0 Å². The summed E-state index contributed by atoms with van der Waals surface area (Å²) in [5.41, 5.74) is 2.59. The minimum Gasteiger partial charge on any atom is -0.350 e. The molecule has 0 radical (unpaired) electrons. The number of benzene rings is 3. The fourth-order valence-electron chi connectivity index (χ4n) is 4.47. The summed E-state index contributed by atoms with van der Waals surface area (Å²) < 4.78 is 26.3. The van der Waals surface area contributed by atoms with Gasteiger partial charge >= 0.3 is 0 Å². The molecule has 1 aliphatic carbocycles. The van der Waals surface area contributed by atoms with E-state index in [-0.39, 0.29) is 24.1 Å². The Morgan fingerprint density at radius 2 is 1.61 bits per heavy atom. The first-order valence-corrected chi connectivity index (χ1v) is 12.3. The highest BCUT2D eigenvalue weighted by molar-refractivity contribution is 5.92. The van der Waals surface area contributed by atoms with Gasteiger partial charge in [0, 0.05) is 24.2 Å². The highest BCUT2D eigenvalue weighted by Gasteiger charge is 2.37. The summed E-state index contributed by atoms with van der Waals surface area (Å²) in [6, 6.07) is 21.5. The minimum atomic E-state index is -0.654. The normalized spacial score (nSPS) is 17.3. The van der Waals surface area contributed by atoms with E-state index < -0.39 is 6.04 Å². The van der Waals surface area contributed by atoms with E-state index in [2.05, 4.69) is 10.6 Å². The molecule has 36 heavy (non-hydrogen) atoms. The Morgan fingerprint density at radius 1 is 0.944 bits per heavy atom. The lowest BCUT2D eigenvalue weighted by atomic mass is 10.1. The largest absolute Gasteiger partial charge is 0.350 e. The third kappa shape index (κ3) is 6.98. The standard InChI is InChI=1S/C29H31F2N3O2/c30-23-13-9-21(10-14-23)19-33-29(36)28(34(20-35)25-6-2-1-3-7-25)8-4-5-17-32-27-18-26(27)22-11-15-24(31)16-12-22/h1-3,6-7,9-16,20,26-28,32H,4-5,8,17-19H2,(H,33,36)/t26-,27?,28-/m0/s1. The van der Waals surface area contributed by atoms with E-state index in [0.717, 1.165) is 36.9 Å². The van der Waals surface area contributed by atoms with Gasteiger partial charge in [0.05, 0.1) is 0 Å². The number of nitrogens with zero attached hydrogens (tertiary/aromatic N) is 1. The van der Waals surface area contributed by atoms with Crippen LogP contribution in [-0.4, -0.2) is 30.9 Å². The van der Waals surface area contributed by atoms with E-state index in [4.69, 9.17) is 0 Å². The van der Waals surface area contributed by atoms with Crippen molar-refractivity contribution in [3.63, 3.8) is 0 Å². The van der Waals surface area contributed by atoms with E-state index in [0.29, 0.717) is 30.5 Å². The van der Waals surface area contributed by atoms with Crippen molar-refractivity contribution in [2.45, 2.75) is 50.2 Å². The zero-order chi connectivity index (χ0) is 25.3. The molecule has 4 rings (SSSR count). The second-order valence-electron chi connectivity index (χ2n) is 9.16. The van der Waals surface area contributed by atoms with Crippen molar-refractivity contribution in [2.24, 2.45) is 0 Å². The Kier molecular flexibility index (Phi) is 8.79. The van der Waals surface area contributed by atoms with Crippen LogP contribution in [0.15, 0.2) is 78.9 Å². The number of para-hydroxylation sites is 1. The molecule has 1 unspecified atom stereocenters. The summed E-state index contributed by atoms with van der Waals surface area (Å²) in [5.74, 6) is -0.385. The summed E-state index contributed by atoms with van der Waals surface area (Å²) in [5, 5.41) is 6.44. The first-order chi connectivity index (χ1) is 17.5. The molecule has 1 aliphatic rings. The molecule has 5 nitrogen and oxygen atoms in total. The zero-order valence-electron chi connectivity index (χ0n) is 20.1. The van der Waals surface area contributed by atoms with E-state index in [1.54, 1.807) is 24.3 Å². The summed E-state index contributed by atoms with van der Waals surface area (Å²) in [4.78, 5) is 26.6. The summed E-state index contributed by atoms with van der Waals surface area (Å²) >= 11 is 0. The number of halogens is 2. The molecule has 0 aromatic heterocycles. The van der Waals surface area contributed by atoms with Crippen LogP contribution in [-0.2, 0) is 16.1 Å². The minimum absolute atomic E-state index is 0.222. The number of unbranched alkanes of at least 4 members (excludes halogenated alkanes) is 1. The molecule has 0 heterocycles. The first kappa shape index (κ1) is 25.5. The maximum Gasteiger partial charge on any atom is 0.243 e. The zero-order valence-corrected chi connectivity index (χ0v) is 20.1. The number of nitrogens with one attached hydrogen (secondary N) is 2. The Balaban J connectivity index is 1.29. The molecule has 7 heteroatoms. The maximum absolute atomic E-state index is 13.2. The van der Waals surface area contributed by atoms with Gasteiger partial charge in [-0.1, -0.05) is 42.5 Å². The number of amides is 2. The van der Waals surface area contributed by atoms with Crippen molar-refractivity contribution in [3.05, 3.63) is 102 Å². The summed E-state index contributed by atoms with van der Waals surface area (Å²) in [6.45, 7) is 1.06. The number of carbonyl (C=O) groups is 2. The van der Waals surface area contributed by atoms with Crippen LogP contribution in [0.3, 0.4) is 0 Å². The molecule has 3 aromatic carbocycles. The lowest BCUT2D eigenvalue weighted by Crippen LogP contribution is -2.46. The van der Waals surface area contributed by atoms with Crippen LogP contribution in [0.5, 0.6) is 0 Å². The van der Waals surface area contributed by atoms with Crippen LogP contribution in [0.25, 0.3) is 0 Å². The van der Waals surface area contributed by atoms with Gasteiger partial charge in [-0.15, -0.1) is 0 Å². The molecular formula is C29H31F2N3O2. The van der Waals surface area contributed by atoms with Crippen molar-refractivity contribution in [2.75, 3.05) is 11.4 Å². The number of hydrogen-bond donors (Lipinski definition) is 2. The number of hydrogen-bond acceptors (Lipinski definition) is 3. The highest BCUT2D eigenvalue weighted by atomic mass is 19.1. The van der Waals surface area contributed by atoms with Gasteiger partial charge < -0.3 is 15.5 Å². The lowest BCUT2D eigenvalue weighted by Gasteiger charge is -2.27. The molecule has 0 bridgehead atoms. The summed E-state index contributed by atoms with van der Waals surface area (Å²) in [6.07, 6.45) is 3.86. The lowest BCUT2D eigenvalue weighted by molar-refractivity contribution is -0.124.